The van der Waals surface area contributed by atoms with Crippen LogP contribution in [0, 0.1) is 10.1 Å². The highest BCUT2D eigenvalue weighted by Gasteiger charge is 2.15. The van der Waals surface area contributed by atoms with Crippen molar-refractivity contribution in [1.82, 2.24) is 20.1 Å². The Labute approximate surface area is 157 Å². The molecule has 0 saturated heterocycles. The second-order valence-corrected chi connectivity index (χ2v) is 6.55. The van der Waals surface area contributed by atoms with Gasteiger partial charge in [0.25, 0.3) is 5.69 Å². The fourth-order valence-electron chi connectivity index (χ4n) is 3.23. The number of hydrogen-bond acceptors (Lipinski definition) is 6. The maximum atomic E-state index is 12.0. The van der Waals surface area contributed by atoms with Crippen molar-refractivity contribution in [3.05, 3.63) is 46.0 Å². The Morgan fingerprint density at radius 3 is 2.89 bits per heavy atom. The summed E-state index contributed by atoms with van der Waals surface area (Å²) in [6.45, 7) is 1.78. The number of nitro benzene ring substituents is 1. The molecule has 0 unspecified atom stereocenters. The molecule has 1 aromatic carbocycles. The number of carbonyl (C=O) groups excluding carboxylic acids is 1. The van der Waals surface area contributed by atoms with Crippen LogP contribution in [0.15, 0.2) is 24.3 Å². The maximum absolute atomic E-state index is 12.0. The van der Waals surface area contributed by atoms with E-state index in [9.17, 15) is 14.9 Å². The summed E-state index contributed by atoms with van der Waals surface area (Å²) in [6, 6.07) is 6.40. The maximum Gasteiger partial charge on any atom is 0.292 e. The molecule has 0 saturated carbocycles. The van der Waals surface area contributed by atoms with Crippen LogP contribution in [-0.4, -0.2) is 38.7 Å². The summed E-state index contributed by atoms with van der Waals surface area (Å²) in [6.07, 6.45) is 5.37. The molecule has 1 aliphatic rings. The third kappa shape index (κ3) is 5.02. The molecule has 1 amide bonds. The molecule has 0 spiro atoms. The molecule has 0 atom stereocenters. The summed E-state index contributed by atoms with van der Waals surface area (Å²) in [7, 11) is 0. The van der Waals surface area contributed by atoms with Gasteiger partial charge in [-0.1, -0.05) is 18.6 Å². The number of aromatic nitrogens is 3. The molecular formula is C18H24N6O3. The molecule has 3 rings (SSSR count). The smallest absolute Gasteiger partial charge is 0.292 e. The molecule has 0 radical (unpaired) electrons. The summed E-state index contributed by atoms with van der Waals surface area (Å²) in [5.41, 5.74) is 0.423. The lowest BCUT2D eigenvalue weighted by molar-refractivity contribution is -0.384. The average Bonchev–Trinajstić information content (AvgIpc) is 2.88. The van der Waals surface area contributed by atoms with E-state index < -0.39 is 4.92 Å². The van der Waals surface area contributed by atoms with Gasteiger partial charge in [-0.25, -0.2) is 0 Å². The SMILES string of the molecule is O=C(CCNc1ccccc1[N+](=O)[O-])NCCc1nnc2n1CCCCC2. The Morgan fingerprint density at radius 2 is 2.04 bits per heavy atom. The molecule has 2 aromatic rings. The molecule has 0 bridgehead atoms. The highest BCUT2D eigenvalue weighted by molar-refractivity contribution is 5.76. The third-order valence-corrected chi connectivity index (χ3v) is 4.63. The molecule has 27 heavy (non-hydrogen) atoms. The molecule has 1 aliphatic heterocycles. The van der Waals surface area contributed by atoms with Gasteiger partial charge < -0.3 is 15.2 Å². The topological polar surface area (TPSA) is 115 Å². The first kappa shape index (κ1) is 18.8. The second kappa shape index (κ2) is 9.11. The van der Waals surface area contributed by atoms with Crippen molar-refractivity contribution in [2.45, 2.75) is 45.1 Å². The average molecular weight is 372 g/mol. The van der Waals surface area contributed by atoms with Gasteiger partial charge in [0.1, 0.15) is 17.3 Å². The van der Waals surface area contributed by atoms with Gasteiger partial charge in [-0.05, 0) is 18.9 Å². The van der Waals surface area contributed by atoms with Crippen molar-refractivity contribution in [2.24, 2.45) is 0 Å². The number of carbonyl (C=O) groups is 1. The quantitative estimate of drug-likeness (QED) is 0.541. The number of fused-ring (bicyclic) bond motifs is 1. The van der Waals surface area contributed by atoms with Gasteiger partial charge in [0, 0.05) is 45.0 Å². The zero-order chi connectivity index (χ0) is 19.1. The van der Waals surface area contributed by atoms with Gasteiger partial charge >= 0.3 is 0 Å². The number of nitro groups is 1. The fraction of sp³-hybridized carbons (Fsp3) is 0.500. The molecule has 9 heteroatoms. The Morgan fingerprint density at radius 1 is 1.19 bits per heavy atom. The van der Waals surface area contributed by atoms with Crippen LogP contribution in [0.2, 0.25) is 0 Å². The van der Waals surface area contributed by atoms with E-state index >= 15 is 0 Å². The Hall–Kier alpha value is -2.97. The van der Waals surface area contributed by atoms with E-state index in [4.69, 9.17) is 0 Å². The number of rotatable bonds is 8. The van der Waals surface area contributed by atoms with E-state index in [1.807, 2.05) is 0 Å². The minimum Gasteiger partial charge on any atom is -0.379 e. The summed E-state index contributed by atoms with van der Waals surface area (Å²) in [5, 5.41) is 25.3. The zero-order valence-electron chi connectivity index (χ0n) is 15.2. The number of para-hydroxylation sites is 2. The molecule has 0 aliphatic carbocycles. The number of nitrogens with one attached hydrogen (secondary N) is 2. The van der Waals surface area contributed by atoms with Crippen molar-refractivity contribution in [3.8, 4) is 0 Å². The van der Waals surface area contributed by atoms with Crippen molar-refractivity contribution in [2.75, 3.05) is 18.4 Å². The molecule has 2 heterocycles. The summed E-state index contributed by atoms with van der Waals surface area (Å²) in [5.74, 6) is 1.87. The van der Waals surface area contributed by atoms with E-state index in [-0.39, 0.29) is 18.0 Å². The fourth-order valence-corrected chi connectivity index (χ4v) is 3.23. The first-order valence-corrected chi connectivity index (χ1v) is 9.30. The van der Waals surface area contributed by atoms with Crippen LogP contribution < -0.4 is 10.6 Å². The van der Waals surface area contributed by atoms with E-state index in [1.165, 1.54) is 12.5 Å². The molecule has 2 N–H and O–H groups in total. The molecule has 0 fully saturated rings. The number of benzene rings is 1. The monoisotopic (exact) mass is 372 g/mol. The summed E-state index contributed by atoms with van der Waals surface area (Å²) < 4.78 is 2.18. The van der Waals surface area contributed by atoms with Crippen molar-refractivity contribution >= 4 is 17.3 Å². The van der Waals surface area contributed by atoms with Crippen LogP contribution in [-0.2, 0) is 24.2 Å². The summed E-state index contributed by atoms with van der Waals surface area (Å²) >= 11 is 0. The largest absolute Gasteiger partial charge is 0.379 e. The van der Waals surface area contributed by atoms with Gasteiger partial charge in [0.2, 0.25) is 5.91 Å². The number of aryl methyl sites for hydroxylation is 1. The van der Waals surface area contributed by atoms with E-state index in [1.54, 1.807) is 18.2 Å². The van der Waals surface area contributed by atoms with Crippen LogP contribution in [0.1, 0.15) is 37.3 Å². The molecule has 1 aromatic heterocycles. The van der Waals surface area contributed by atoms with E-state index in [2.05, 4.69) is 25.4 Å². The van der Waals surface area contributed by atoms with Gasteiger partial charge in [0.15, 0.2) is 0 Å². The molecule has 144 valence electrons. The standard InChI is InChI=1S/C18H24N6O3/c25-18(10-12-19-14-6-3-4-7-15(14)24(26)27)20-11-9-17-22-21-16-8-2-1-5-13-23(16)17/h3-4,6-7,19H,1-2,5,8-13H2,(H,20,25). The summed E-state index contributed by atoms with van der Waals surface area (Å²) in [4.78, 5) is 22.5. The molecular weight excluding hydrogens is 348 g/mol. The third-order valence-electron chi connectivity index (χ3n) is 4.63. The number of hydrogen-bond donors (Lipinski definition) is 2. The Kier molecular flexibility index (Phi) is 6.35. The van der Waals surface area contributed by atoms with Crippen molar-refractivity contribution < 1.29 is 9.72 Å². The lowest BCUT2D eigenvalue weighted by Crippen LogP contribution is -2.28. The van der Waals surface area contributed by atoms with Gasteiger partial charge in [0.05, 0.1) is 4.92 Å². The number of nitrogens with zero attached hydrogens (tertiary/aromatic N) is 4. The van der Waals surface area contributed by atoms with Gasteiger partial charge in [-0.15, -0.1) is 10.2 Å². The normalized spacial score (nSPS) is 13.5. The van der Waals surface area contributed by atoms with E-state index in [0.29, 0.717) is 25.2 Å². The molecule has 9 nitrogen and oxygen atoms in total. The lowest BCUT2D eigenvalue weighted by Gasteiger charge is -2.09. The minimum atomic E-state index is -0.441. The lowest BCUT2D eigenvalue weighted by atomic mass is 10.2. The van der Waals surface area contributed by atoms with Gasteiger partial charge in [-0.3, -0.25) is 14.9 Å². The number of anilines is 1. The highest BCUT2D eigenvalue weighted by Crippen LogP contribution is 2.22. The number of amides is 1. The van der Waals surface area contributed by atoms with Crippen LogP contribution in [0.3, 0.4) is 0 Å². The zero-order valence-corrected chi connectivity index (χ0v) is 15.2. The minimum absolute atomic E-state index is 0.00501. The first-order valence-electron chi connectivity index (χ1n) is 9.30. The van der Waals surface area contributed by atoms with Crippen LogP contribution in [0.25, 0.3) is 0 Å². The Bertz CT molecular complexity index is 804. The van der Waals surface area contributed by atoms with Crippen molar-refractivity contribution in [3.63, 3.8) is 0 Å². The van der Waals surface area contributed by atoms with Crippen LogP contribution >= 0.6 is 0 Å². The predicted octanol–water partition coefficient (Wildman–Crippen LogP) is 2.07. The van der Waals surface area contributed by atoms with E-state index in [0.717, 1.165) is 37.5 Å². The van der Waals surface area contributed by atoms with Crippen molar-refractivity contribution in [1.29, 1.82) is 0 Å². The first-order chi connectivity index (χ1) is 13.1. The highest BCUT2D eigenvalue weighted by atomic mass is 16.6. The second-order valence-electron chi connectivity index (χ2n) is 6.55. The van der Waals surface area contributed by atoms with Gasteiger partial charge in [-0.2, -0.15) is 0 Å². The predicted molar refractivity (Wildman–Crippen MR) is 100 cm³/mol. The van der Waals surface area contributed by atoms with Crippen LogP contribution in [0.4, 0.5) is 11.4 Å². The van der Waals surface area contributed by atoms with Crippen LogP contribution in [0.5, 0.6) is 0 Å². The Balaban J connectivity index is 1.41.